The third-order valence-corrected chi connectivity index (χ3v) is 6.48. The van der Waals surface area contributed by atoms with Crippen LogP contribution in [-0.2, 0) is 11.4 Å². The van der Waals surface area contributed by atoms with E-state index in [1.54, 1.807) is 35.2 Å². The summed E-state index contributed by atoms with van der Waals surface area (Å²) in [6, 6.07) is 8.79. The molecular weight excluding hydrogens is 479 g/mol. The standard InChI is InChI=1S/C22H21Cl3N2O3S/c1-4-26-22-27(5-2)21(28)19(31-22)11-14-9-17(25)20(18(10-14)29-3)30-12-13-6-7-15(23)16(24)8-13/h6-11H,4-5,12H2,1-3H3/b19-11-,26-22?. The van der Waals surface area contributed by atoms with Gasteiger partial charge in [0.05, 0.1) is 27.1 Å². The van der Waals surface area contributed by atoms with Gasteiger partial charge in [-0.2, -0.15) is 0 Å². The Bertz CT molecular complexity index is 1060. The molecular formula is C22H21Cl3N2O3S. The number of nitrogens with zero attached hydrogens (tertiary/aromatic N) is 2. The summed E-state index contributed by atoms with van der Waals surface area (Å²) in [5.41, 5.74) is 1.57. The molecule has 0 bridgehead atoms. The number of aliphatic imine (C=N–C) groups is 1. The van der Waals surface area contributed by atoms with Gasteiger partial charge in [0, 0.05) is 13.1 Å². The minimum atomic E-state index is -0.0743. The molecule has 0 N–H and O–H groups in total. The van der Waals surface area contributed by atoms with Crippen molar-refractivity contribution in [1.82, 2.24) is 4.90 Å². The van der Waals surface area contributed by atoms with Gasteiger partial charge in [0.15, 0.2) is 16.7 Å². The molecule has 164 valence electrons. The van der Waals surface area contributed by atoms with Crippen molar-refractivity contribution in [2.24, 2.45) is 4.99 Å². The Morgan fingerprint density at radius 3 is 2.52 bits per heavy atom. The van der Waals surface area contributed by atoms with Crippen molar-refractivity contribution in [2.45, 2.75) is 20.5 Å². The fourth-order valence-electron chi connectivity index (χ4n) is 2.94. The number of carbonyl (C=O) groups is 1. The fourth-order valence-corrected chi connectivity index (χ4v) is 4.64. The van der Waals surface area contributed by atoms with E-state index in [9.17, 15) is 4.79 Å². The molecule has 0 unspecified atom stereocenters. The molecule has 3 rings (SSSR count). The molecule has 31 heavy (non-hydrogen) atoms. The van der Waals surface area contributed by atoms with E-state index >= 15 is 0 Å². The number of ether oxygens (including phenoxy) is 2. The SMILES string of the molecule is CCN=C1S/C(=C\c2cc(Cl)c(OCc3ccc(Cl)c(Cl)c3)c(OC)c2)C(=O)N1CC. The van der Waals surface area contributed by atoms with Crippen LogP contribution in [0.4, 0.5) is 0 Å². The highest BCUT2D eigenvalue weighted by atomic mass is 35.5. The molecule has 0 aliphatic carbocycles. The maximum Gasteiger partial charge on any atom is 0.266 e. The zero-order valence-corrected chi connectivity index (χ0v) is 20.3. The first-order valence-corrected chi connectivity index (χ1v) is 11.5. The van der Waals surface area contributed by atoms with Gasteiger partial charge in [-0.25, -0.2) is 0 Å². The summed E-state index contributed by atoms with van der Waals surface area (Å²) in [7, 11) is 1.54. The van der Waals surface area contributed by atoms with Crippen LogP contribution in [-0.4, -0.2) is 36.2 Å². The smallest absolute Gasteiger partial charge is 0.266 e. The lowest BCUT2D eigenvalue weighted by atomic mass is 10.1. The molecule has 0 atom stereocenters. The van der Waals surface area contributed by atoms with Crippen molar-refractivity contribution in [3.63, 3.8) is 0 Å². The van der Waals surface area contributed by atoms with Gasteiger partial charge < -0.3 is 9.47 Å². The third kappa shape index (κ3) is 5.50. The summed E-state index contributed by atoms with van der Waals surface area (Å²) < 4.78 is 11.4. The minimum absolute atomic E-state index is 0.0743. The lowest BCUT2D eigenvalue weighted by Crippen LogP contribution is -2.28. The molecule has 9 heteroatoms. The summed E-state index contributed by atoms with van der Waals surface area (Å²) in [5, 5.41) is 2.01. The lowest BCUT2D eigenvalue weighted by Gasteiger charge is -2.14. The second-order valence-corrected chi connectivity index (χ2v) is 8.72. The molecule has 0 saturated carbocycles. The van der Waals surface area contributed by atoms with Gasteiger partial charge in [0.2, 0.25) is 0 Å². The van der Waals surface area contributed by atoms with Gasteiger partial charge in [0.25, 0.3) is 5.91 Å². The van der Waals surface area contributed by atoms with Gasteiger partial charge in [-0.3, -0.25) is 14.7 Å². The number of halogens is 3. The molecule has 1 heterocycles. The zero-order valence-electron chi connectivity index (χ0n) is 17.2. The van der Waals surface area contributed by atoms with Gasteiger partial charge in [-0.05, 0) is 67.1 Å². The summed E-state index contributed by atoms with van der Waals surface area (Å²) in [5.74, 6) is 0.797. The van der Waals surface area contributed by atoms with Crippen molar-refractivity contribution in [2.75, 3.05) is 20.2 Å². The average molecular weight is 500 g/mol. The maximum atomic E-state index is 12.7. The van der Waals surface area contributed by atoms with Crippen LogP contribution in [0.3, 0.4) is 0 Å². The van der Waals surface area contributed by atoms with Gasteiger partial charge in [-0.15, -0.1) is 0 Å². The van der Waals surface area contributed by atoms with Crippen LogP contribution in [0.15, 0.2) is 40.2 Å². The fraction of sp³-hybridized carbons (Fsp3) is 0.273. The minimum Gasteiger partial charge on any atom is -0.493 e. The Kier molecular flexibility index (Phi) is 8.17. The van der Waals surface area contributed by atoms with E-state index in [1.165, 1.54) is 18.9 Å². The predicted octanol–water partition coefficient (Wildman–Crippen LogP) is 6.55. The normalized spacial score (nSPS) is 16.5. The van der Waals surface area contributed by atoms with Gasteiger partial charge >= 0.3 is 0 Å². The average Bonchev–Trinajstić information content (AvgIpc) is 3.03. The molecule has 1 amide bonds. The number of likely N-dealkylation sites (N-methyl/N-ethyl adjacent to an activating group) is 1. The Hall–Kier alpha value is -1.86. The van der Waals surface area contributed by atoms with Gasteiger partial charge in [0.1, 0.15) is 6.61 Å². The van der Waals surface area contributed by atoms with Gasteiger partial charge in [-0.1, -0.05) is 40.9 Å². The molecule has 0 radical (unpaired) electrons. The molecule has 0 spiro atoms. The molecule has 1 aliphatic heterocycles. The largest absolute Gasteiger partial charge is 0.493 e. The number of rotatable bonds is 7. The number of hydrogen-bond donors (Lipinski definition) is 0. The molecule has 1 aliphatic rings. The zero-order chi connectivity index (χ0) is 22.5. The Balaban J connectivity index is 1.85. The number of amidine groups is 1. The van der Waals surface area contributed by atoms with Crippen LogP contribution in [0.5, 0.6) is 11.5 Å². The highest BCUT2D eigenvalue weighted by Gasteiger charge is 2.31. The van der Waals surface area contributed by atoms with Crippen LogP contribution in [0.1, 0.15) is 25.0 Å². The Morgan fingerprint density at radius 2 is 1.87 bits per heavy atom. The number of amides is 1. The molecule has 1 saturated heterocycles. The second kappa shape index (κ2) is 10.6. The highest BCUT2D eigenvalue weighted by molar-refractivity contribution is 8.18. The first-order chi connectivity index (χ1) is 14.9. The quantitative estimate of drug-likeness (QED) is 0.406. The Labute approximate surface area is 201 Å². The van der Waals surface area contributed by atoms with E-state index < -0.39 is 0 Å². The first kappa shape index (κ1) is 23.8. The van der Waals surface area contributed by atoms with E-state index in [0.29, 0.717) is 49.7 Å². The van der Waals surface area contributed by atoms with E-state index in [4.69, 9.17) is 44.3 Å². The number of hydrogen-bond acceptors (Lipinski definition) is 5. The summed E-state index contributed by atoms with van der Waals surface area (Å²) in [6.07, 6.45) is 1.78. The van der Waals surface area contributed by atoms with Crippen molar-refractivity contribution in [1.29, 1.82) is 0 Å². The molecule has 2 aromatic carbocycles. The van der Waals surface area contributed by atoms with Crippen molar-refractivity contribution in [3.05, 3.63) is 61.4 Å². The molecule has 2 aromatic rings. The van der Waals surface area contributed by atoms with Crippen LogP contribution in [0.25, 0.3) is 6.08 Å². The number of benzene rings is 2. The van der Waals surface area contributed by atoms with Crippen LogP contribution in [0.2, 0.25) is 15.1 Å². The Morgan fingerprint density at radius 1 is 1.10 bits per heavy atom. The number of carbonyl (C=O) groups excluding carboxylic acids is 1. The highest BCUT2D eigenvalue weighted by Crippen LogP contribution is 2.39. The van der Waals surface area contributed by atoms with Crippen molar-refractivity contribution >= 4 is 63.7 Å². The second-order valence-electron chi connectivity index (χ2n) is 6.49. The van der Waals surface area contributed by atoms with E-state index in [-0.39, 0.29) is 12.5 Å². The number of methoxy groups -OCH3 is 1. The predicted molar refractivity (Wildman–Crippen MR) is 130 cm³/mol. The maximum absolute atomic E-state index is 12.7. The summed E-state index contributed by atoms with van der Waals surface area (Å²) >= 11 is 19.9. The summed E-state index contributed by atoms with van der Waals surface area (Å²) in [4.78, 5) is 19.3. The van der Waals surface area contributed by atoms with Crippen molar-refractivity contribution < 1.29 is 14.3 Å². The van der Waals surface area contributed by atoms with Crippen molar-refractivity contribution in [3.8, 4) is 11.5 Å². The monoisotopic (exact) mass is 498 g/mol. The van der Waals surface area contributed by atoms with E-state index in [1.807, 2.05) is 19.9 Å². The van der Waals surface area contributed by atoms with Crippen LogP contribution >= 0.6 is 46.6 Å². The van der Waals surface area contributed by atoms with E-state index in [0.717, 1.165) is 11.1 Å². The van der Waals surface area contributed by atoms with Crippen LogP contribution in [0, 0.1) is 0 Å². The molecule has 5 nitrogen and oxygen atoms in total. The lowest BCUT2D eigenvalue weighted by molar-refractivity contribution is -0.122. The molecule has 1 fully saturated rings. The van der Waals surface area contributed by atoms with E-state index in [2.05, 4.69) is 4.99 Å². The number of thioether (sulfide) groups is 1. The van der Waals surface area contributed by atoms with Crippen LogP contribution < -0.4 is 9.47 Å². The third-order valence-electron chi connectivity index (χ3n) is 4.41. The summed E-state index contributed by atoms with van der Waals surface area (Å²) in [6.45, 7) is 5.28. The first-order valence-electron chi connectivity index (χ1n) is 9.58. The molecule has 0 aromatic heterocycles. The topological polar surface area (TPSA) is 51.1 Å².